The molecule has 0 aliphatic carbocycles. The number of benzene rings is 3. The van der Waals surface area contributed by atoms with Crippen molar-refractivity contribution in [2.24, 2.45) is 5.41 Å². The highest BCUT2D eigenvalue weighted by atomic mass is 32.1. The number of ketones is 1. The van der Waals surface area contributed by atoms with Crippen LogP contribution >= 0.6 is 11.3 Å². The molecular weight excluding hydrogens is 735 g/mol. The highest BCUT2D eigenvalue weighted by molar-refractivity contribution is 7.22. The fourth-order valence-corrected chi connectivity index (χ4v) is 7.26. The first-order chi connectivity index (χ1) is 25.7. The van der Waals surface area contributed by atoms with Gasteiger partial charge in [0.05, 0.1) is 34.0 Å². The smallest absolute Gasteiger partial charge is 0.453 e. The number of hydrogen-bond acceptors (Lipinski definition) is 9. The third-order valence-corrected chi connectivity index (χ3v) is 10.2. The molecule has 14 heteroatoms. The second-order valence-electron chi connectivity index (χ2n) is 12.5. The highest BCUT2D eigenvalue weighted by Crippen LogP contribution is 2.43. The van der Waals surface area contributed by atoms with Gasteiger partial charge in [0.2, 0.25) is 0 Å². The van der Waals surface area contributed by atoms with E-state index in [1.54, 1.807) is 38.5 Å². The van der Waals surface area contributed by atoms with Gasteiger partial charge >= 0.3 is 24.0 Å². The van der Waals surface area contributed by atoms with Crippen LogP contribution in [0.25, 0.3) is 20.5 Å². The van der Waals surface area contributed by atoms with E-state index in [1.807, 2.05) is 42.5 Å². The zero-order valence-corrected chi connectivity index (χ0v) is 31.3. The molecule has 0 atom stereocenters. The van der Waals surface area contributed by atoms with E-state index in [4.69, 9.17) is 23.7 Å². The van der Waals surface area contributed by atoms with Crippen LogP contribution in [0.3, 0.4) is 0 Å². The molecule has 0 aliphatic rings. The zero-order chi connectivity index (χ0) is 39.5. The number of fused-ring (bicyclic) bond motifs is 1. The van der Waals surface area contributed by atoms with Gasteiger partial charge in [-0.25, -0.2) is 0 Å². The summed E-state index contributed by atoms with van der Waals surface area (Å²) in [6, 6.07) is 19.8. The molecule has 0 radical (unpaired) electrons. The second-order valence-corrected chi connectivity index (χ2v) is 13.5. The average Bonchev–Trinajstić information content (AvgIpc) is 3.53. The first-order valence-corrected chi connectivity index (χ1v) is 18.3. The first-order valence-electron chi connectivity index (χ1n) is 17.5. The lowest BCUT2D eigenvalue weighted by Gasteiger charge is -2.30. The number of unbranched alkanes of at least 4 members (excludes halogenated alkanes) is 2. The summed E-state index contributed by atoms with van der Waals surface area (Å²) in [6.07, 6.45) is -7.72. The number of carbonyl (C=O) groups excluding carboxylic acids is 3. The molecule has 4 aromatic rings. The van der Waals surface area contributed by atoms with E-state index in [9.17, 15) is 36.3 Å². The molecule has 0 saturated carbocycles. The van der Waals surface area contributed by atoms with Gasteiger partial charge in [-0.2, -0.15) is 22.0 Å². The molecule has 1 heterocycles. The van der Waals surface area contributed by atoms with Crippen LogP contribution in [0.1, 0.15) is 74.7 Å². The van der Waals surface area contributed by atoms with Crippen molar-refractivity contribution in [3.63, 3.8) is 0 Å². The van der Waals surface area contributed by atoms with Gasteiger partial charge in [0.25, 0.3) is 0 Å². The summed E-state index contributed by atoms with van der Waals surface area (Å²) < 4.78 is 93.2. The number of methoxy groups -OCH3 is 2. The van der Waals surface area contributed by atoms with Crippen molar-refractivity contribution in [2.75, 3.05) is 34.0 Å². The zero-order valence-electron chi connectivity index (χ0n) is 30.5. The number of hydrogen-bond donors (Lipinski definition) is 0. The molecule has 8 nitrogen and oxygen atoms in total. The van der Waals surface area contributed by atoms with Crippen LogP contribution in [0.2, 0.25) is 0 Å². The van der Waals surface area contributed by atoms with Crippen molar-refractivity contribution < 1.29 is 60.0 Å². The van der Waals surface area contributed by atoms with Gasteiger partial charge in [0, 0.05) is 32.5 Å². The maximum Gasteiger partial charge on any atom is 0.453 e. The van der Waals surface area contributed by atoms with Gasteiger partial charge in [-0.05, 0) is 112 Å². The van der Waals surface area contributed by atoms with Crippen LogP contribution in [0.15, 0.2) is 66.7 Å². The quantitative estimate of drug-likeness (QED) is 0.0288. The lowest BCUT2D eigenvalue weighted by Crippen LogP contribution is -2.43. The number of rotatable bonds is 20. The summed E-state index contributed by atoms with van der Waals surface area (Å²) in [4.78, 5) is 40.8. The van der Waals surface area contributed by atoms with Gasteiger partial charge in [-0.3, -0.25) is 14.4 Å². The SMILES string of the molecule is CCOC(=O)C(CCCCCOc1ccc(C(=O)c2c(-c3ccc(OC)cc3)sc3cc(OC)ccc23)cc1)(CCCC(F)(F)C(F)(F)F)C(=O)OCC. The Labute approximate surface area is 314 Å². The Morgan fingerprint density at radius 2 is 1.24 bits per heavy atom. The average molecular weight is 779 g/mol. The fraction of sp³-hybridized carbons (Fsp3) is 0.425. The van der Waals surface area contributed by atoms with Gasteiger partial charge in [0.15, 0.2) is 11.2 Å². The standard InChI is InChI=1S/C40H43F5O8S/c1-5-51-36(47)38(37(48)52-6-2,22-10-23-39(41,42)40(43,44)45)21-8-7-9-24-53-29-17-11-26(12-18-29)34(46)33-31-20-19-30(50-4)25-32(31)54-35(33)27-13-15-28(49-3)16-14-27/h11-20,25H,5-10,21-24H2,1-4H3. The molecule has 0 amide bonds. The Balaban J connectivity index is 1.40. The molecule has 0 saturated heterocycles. The Morgan fingerprint density at radius 3 is 1.81 bits per heavy atom. The minimum Gasteiger partial charge on any atom is -0.497 e. The van der Waals surface area contributed by atoms with Crippen LogP contribution in [-0.4, -0.2) is 63.9 Å². The second kappa shape index (κ2) is 18.5. The van der Waals surface area contributed by atoms with E-state index in [1.165, 1.54) is 25.2 Å². The molecule has 292 valence electrons. The minimum atomic E-state index is -5.76. The minimum absolute atomic E-state index is 0.125. The van der Waals surface area contributed by atoms with Gasteiger partial charge < -0.3 is 23.7 Å². The summed E-state index contributed by atoms with van der Waals surface area (Å²) >= 11 is 1.49. The van der Waals surface area contributed by atoms with E-state index in [0.29, 0.717) is 41.2 Å². The normalized spacial score (nSPS) is 12.0. The Hall–Kier alpha value is -4.72. The molecule has 3 aromatic carbocycles. The molecule has 54 heavy (non-hydrogen) atoms. The highest BCUT2D eigenvalue weighted by Gasteiger charge is 2.57. The maximum absolute atomic E-state index is 14.0. The molecule has 0 N–H and O–H groups in total. The first kappa shape index (κ1) is 42.0. The van der Waals surface area contributed by atoms with Crippen LogP contribution in [-0.2, 0) is 19.1 Å². The third kappa shape index (κ3) is 9.87. The van der Waals surface area contributed by atoms with Crippen LogP contribution in [0.4, 0.5) is 22.0 Å². The Morgan fingerprint density at radius 1 is 0.667 bits per heavy atom. The van der Waals surface area contributed by atoms with Gasteiger partial charge in [-0.15, -0.1) is 11.3 Å². The summed E-state index contributed by atoms with van der Waals surface area (Å²) in [7, 11) is 3.17. The Bertz CT molecular complexity index is 1850. The van der Waals surface area contributed by atoms with Crippen molar-refractivity contribution in [1.29, 1.82) is 0 Å². The van der Waals surface area contributed by atoms with Crippen molar-refractivity contribution in [3.8, 4) is 27.7 Å². The summed E-state index contributed by atoms with van der Waals surface area (Å²) in [6.45, 7) is 2.97. The van der Waals surface area contributed by atoms with E-state index in [0.717, 1.165) is 20.5 Å². The fourth-order valence-electron chi connectivity index (χ4n) is 6.03. The van der Waals surface area contributed by atoms with Crippen LogP contribution in [0, 0.1) is 5.41 Å². The molecule has 0 bridgehead atoms. The third-order valence-electron chi connectivity index (χ3n) is 8.95. The lowest BCUT2D eigenvalue weighted by atomic mass is 9.77. The number of ether oxygens (including phenoxy) is 5. The van der Waals surface area contributed by atoms with Crippen molar-refractivity contribution >= 4 is 39.1 Å². The van der Waals surface area contributed by atoms with Gasteiger partial charge in [0.1, 0.15) is 17.2 Å². The molecule has 0 fully saturated rings. The molecule has 0 spiro atoms. The Kier molecular flexibility index (Phi) is 14.4. The van der Waals surface area contributed by atoms with E-state index >= 15 is 0 Å². The number of halogens is 5. The number of alkyl halides is 5. The van der Waals surface area contributed by atoms with Gasteiger partial charge in [-0.1, -0.05) is 12.8 Å². The monoisotopic (exact) mass is 778 g/mol. The summed E-state index contributed by atoms with van der Waals surface area (Å²) in [5.41, 5.74) is -0.143. The lowest BCUT2D eigenvalue weighted by molar-refractivity contribution is -0.284. The summed E-state index contributed by atoms with van der Waals surface area (Å²) in [5, 5.41) is 0.797. The predicted molar refractivity (Wildman–Crippen MR) is 195 cm³/mol. The van der Waals surface area contributed by atoms with Crippen LogP contribution in [0.5, 0.6) is 17.2 Å². The largest absolute Gasteiger partial charge is 0.497 e. The summed E-state index contributed by atoms with van der Waals surface area (Å²) in [5.74, 6) is -5.31. The number of carbonyl (C=O) groups is 3. The molecule has 0 aliphatic heterocycles. The van der Waals surface area contributed by atoms with Crippen molar-refractivity contribution in [1.82, 2.24) is 0 Å². The van der Waals surface area contributed by atoms with E-state index in [-0.39, 0.29) is 38.4 Å². The predicted octanol–water partition coefficient (Wildman–Crippen LogP) is 10.2. The van der Waals surface area contributed by atoms with Crippen molar-refractivity contribution in [2.45, 2.75) is 70.9 Å². The number of thiophene rings is 1. The topological polar surface area (TPSA) is 97.4 Å². The van der Waals surface area contributed by atoms with E-state index < -0.39 is 48.7 Å². The molecular formula is C40H43F5O8S. The molecule has 1 aromatic heterocycles. The molecule has 4 rings (SSSR count). The number of esters is 2. The van der Waals surface area contributed by atoms with Crippen LogP contribution < -0.4 is 14.2 Å². The van der Waals surface area contributed by atoms with E-state index in [2.05, 4.69) is 0 Å². The van der Waals surface area contributed by atoms with Crippen molar-refractivity contribution in [3.05, 3.63) is 77.9 Å². The molecule has 0 unspecified atom stereocenters. The maximum atomic E-state index is 14.0.